The molecule has 0 aliphatic rings. The molecule has 0 bridgehead atoms. The number of benzene rings is 3. The molecule has 0 aromatic heterocycles. The molecule has 0 saturated carbocycles. The number of hydrogen-bond acceptors (Lipinski definition) is 8. The van der Waals surface area contributed by atoms with Crippen LogP contribution in [-0.4, -0.2) is 43.5 Å². The lowest BCUT2D eigenvalue weighted by atomic mass is 10.1. The molecule has 3 aromatic carbocycles. The molecule has 8 heteroatoms. The maximum Gasteiger partial charge on any atom is 0.330 e. The zero-order valence-corrected chi connectivity index (χ0v) is 25.7. The van der Waals surface area contributed by atoms with E-state index in [1.807, 2.05) is 48.5 Å². The van der Waals surface area contributed by atoms with E-state index in [4.69, 9.17) is 18.9 Å². The van der Waals surface area contributed by atoms with E-state index in [0.29, 0.717) is 50.6 Å². The van der Waals surface area contributed by atoms with E-state index >= 15 is 0 Å². The summed E-state index contributed by atoms with van der Waals surface area (Å²) in [5.74, 6) is 12.3. The number of esters is 2. The Balaban J connectivity index is 1.37. The van der Waals surface area contributed by atoms with E-state index in [-0.39, 0.29) is 5.12 Å². The smallest absolute Gasteiger partial charge is 0.330 e. The number of carbonyl (C=O) groups is 3. The van der Waals surface area contributed by atoms with E-state index in [0.717, 1.165) is 58.5 Å². The summed E-state index contributed by atoms with van der Waals surface area (Å²) >= 11 is 1.14. The average Bonchev–Trinajstić information content (AvgIpc) is 3.07. The fourth-order valence-electron chi connectivity index (χ4n) is 3.55. The van der Waals surface area contributed by atoms with Crippen LogP contribution in [-0.2, 0) is 19.1 Å². The van der Waals surface area contributed by atoms with Crippen LogP contribution in [0.25, 0.3) is 0 Å². The van der Waals surface area contributed by atoms with E-state index in [1.54, 1.807) is 24.3 Å². The second-order valence-electron chi connectivity index (χ2n) is 9.32. The number of unbranched alkanes of at least 4 members (excludes halogenated alkanes) is 2. The minimum atomic E-state index is -0.424. The van der Waals surface area contributed by atoms with Gasteiger partial charge in [0.15, 0.2) is 0 Å². The Labute approximate surface area is 268 Å². The SMILES string of the molecule is C=CC(=O)OCCCCOc1ccc(C#CC#Cc2ccc(C(=O)Sc3ccc(OCCCCOC(=O)C=C)cc3)cc2)cc1. The van der Waals surface area contributed by atoms with Gasteiger partial charge in [-0.1, -0.05) is 25.0 Å². The highest BCUT2D eigenvalue weighted by atomic mass is 32.2. The van der Waals surface area contributed by atoms with Crippen molar-refractivity contribution in [2.45, 2.75) is 30.6 Å². The van der Waals surface area contributed by atoms with Crippen LogP contribution < -0.4 is 9.47 Å². The molecule has 0 heterocycles. The van der Waals surface area contributed by atoms with Gasteiger partial charge >= 0.3 is 11.9 Å². The first-order valence-electron chi connectivity index (χ1n) is 14.3. The zero-order valence-electron chi connectivity index (χ0n) is 24.9. The van der Waals surface area contributed by atoms with E-state index < -0.39 is 11.9 Å². The predicted octanol–water partition coefficient (Wildman–Crippen LogP) is 6.80. The van der Waals surface area contributed by atoms with Gasteiger partial charge in [0.25, 0.3) is 0 Å². The quantitative estimate of drug-likeness (QED) is 0.0567. The molecule has 45 heavy (non-hydrogen) atoms. The Bertz CT molecular complexity index is 1550. The predicted molar refractivity (Wildman–Crippen MR) is 175 cm³/mol. The Morgan fingerprint density at radius 3 is 1.49 bits per heavy atom. The van der Waals surface area contributed by atoms with Crippen LogP contribution in [0.3, 0.4) is 0 Å². The lowest BCUT2D eigenvalue weighted by Gasteiger charge is -2.07. The highest BCUT2D eigenvalue weighted by molar-refractivity contribution is 8.14. The average molecular weight is 623 g/mol. The monoisotopic (exact) mass is 622 g/mol. The van der Waals surface area contributed by atoms with E-state index in [9.17, 15) is 14.4 Å². The summed E-state index contributed by atoms with van der Waals surface area (Å²) < 4.78 is 21.3. The molecule has 0 aliphatic carbocycles. The number of rotatable bonds is 16. The number of carbonyl (C=O) groups excluding carboxylic acids is 3. The lowest BCUT2D eigenvalue weighted by Crippen LogP contribution is -2.04. The Hall–Kier alpha value is -5.18. The van der Waals surface area contributed by atoms with Gasteiger partial charge in [-0.05, 0) is 122 Å². The molecule has 0 unspecified atom stereocenters. The van der Waals surface area contributed by atoms with Crippen LogP contribution in [0.5, 0.6) is 11.5 Å². The fraction of sp³-hybridized carbons (Fsp3) is 0.216. The van der Waals surface area contributed by atoms with Crippen molar-refractivity contribution in [2.75, 3.05) is 26.4 Å². The first-order valence-corrected chi connectivity index (χ1v) is 15.2. The normalized spacial score (nSPS) is 9.78. The van der Waals surface area contributed by atoms with Gasteiger partial charge in [0.05, 0.1) is 26.4 Å². The molecular weight excluding hydrogens is 588 g/mol. The Morgan fingerprint density at radius 1 is 0.600 bits per heavy atom. The fourth-order valence-corrected chi connectivity index (χ4v) is 4.29. The molecule has 0 aliphatic heterocycles. The third-order valence-electron chi connectivity index (χ3n) is 5.92. The van der Waals surface area contributed by atoms with Gasteiger partial charge in [-0.2, -0.15) is 0 Å². The number of hydrogen-bond donors (Lipinski definition) is 0. The summed E-state index contributed by atoms with van der Waals surface area (Å²) in [7, 11) is 0. The van der Waals surface area contributed by atoms with Gasteiger partial charge in [-0.3, -0.25) is 4.79 Å². The maximum atomic E-state index is 12.7. The molecule has 0 radical (unpaired) electrons. The van der Waals surface area contributed by atoms with E-state index in [2.05, 4.69) is 36.8 Å². The maximum absolute atomic E-state index is 12.7. The minimum Gasteiger partial charge on any atom is -0.494 e. The van der Waals surface area contributed by atoms with Gasteiger partial charge in [0.2, 0.25) is 5.12 Å². The first kappa shape index (κ1) is 34.3. The van der Waals surface area contributed by atoms with Gasteiger partial charge in [0.1, 0.15) is 11.5 Å². The molecule has 0 atom stereocenters. The van der Waals surface area contributed by atoms with Crippen molar-refractivity contribution in [1.29, 1.82) is 0 Å². The van der Waals surface area contributed by atoms with Gasteiger partial charge < -0.3 is 18.9 Å². The second kappa shape index (κ2) is 19.9. The number of ether oxygens (including phenoxy) is 4. The highest BCUT2D eigenvalue weighted by Gasteiger charge is 2.08. The van der Waals surface area contributed by atoms with Crippen LogP contribution >= 0.6 is 11.8 Å². The minimum absolute atomic E-state index is 0.0708. The standard InChI is InChI=1S/C37H34O7S/c1-3-35(38)43-27-9-7-25-41-32-19-15-30(16-20-32)12-6-5-11-29-13-17-31(18-14-29)37(40)45-34-23-21-33(22-24-34)42-26-8-10-28-44-36(39)4-2/h3-4,13-24H,1-2,7-10,25-28H2. The molecular formula is C37H34O7S. The Morgan fingerprint density at radius 2 is 1.02 bits per heavy atom. The highest BCUT2D eigenvalue weighted by Crippen LogP contribution is 2.25. The largest absolute Gasteiger partial charge is 0.494 e. The summed E-state index contributed by atoms with van der Waals surface area (Å²) in [6.07, 6.45) is 5.22. The molecule has 0 amide bonds. The Kier molecular flexibility index (Phi) is 15.2. The van der Waals surface area contributed by atoms with Crippen molar-refractivity contribution in [3.63, 3.8) is 0 Å². The molecule has 230 valence electrons. The third kappa shape index (κ3) is 13.8. The van der Waals surface area contributed by atoms with Gasteiger partial charge in [-0.15, -0.1) is 0 Å². The van der Waals surface area contributed by atoms with Crippen molar-refractivity contribution in [2.24, 2.45) is 0 Å². The van der Waals surface area contributed by atoms with Crippen molar-refractivity contribution in [3.05, 3.63) is 115 Å². The van der Waals surface area contributed by atoms with Crippen molar-refractivity contribution < 1.29 is 33.3 Å². The molecule has 0 saturated heterocycles. The van der Waals surface area contributed by atoms with Gasteiger partial charge in [-0.25, -0.2) is 9.59 Å². The van der Waals surface area contributed by atoms with Crippen LogP contribution in [0, 0.1) is 23.7 Å². The molecule has 3 rings (SSSR count). The summed E-state index contributed by atoms with van der Waals surface area (Å²) in [6, 6.07) is 21.9. The van der Waals surface area contributed by atoms with Crippen molar-refractivity contribution in [3.8, 4) is 35.2 Å². The molecule has 7 nitrogen and oxygen atoms in total. The topological polar surface area (TPSA) is 88.1 Å². The second-order valence-corrected chi connectivity index (χ2v) is 10.4. The number of thioether (sulfide) groups is 1. The zero-order chi connectivity index (χ0) is 32.1. The first-order chi connectivity index (χ1) is 22.0. The van der Waals surface area contributed by atoms with Crippen LogP contribution in [0.1, 0.15) is 47.2 Å². The summed E-state index contributed by atoms with van der Waals surface area (Å²) in [5.41, 5.74) is 2.15. The molecule has 0 fully saturated rings. The van der Waals surface area contributed by atoms with Crippen molar-refractivity contribution >= 4 is 28.8 Å². The van der Waals surface area contributed by atoms with Crippen molar-refractivity contribution in [1.82, 2.24) is 0 Å². The van der Waals surface area contributed by atoms with Crippen LogP contribution in [0.4, 0.5) is 0 Å². The third-order valence-corrected chi connectivity index (χ3v) is 6.85. The van der Waals surface area contributed by atoms with Crippen LogP contribution in [0.2, 0.25) is 0 Å². The summed E-state index contributed by atoms with van der Waals surface area (Å²) in [6.45, 7) is 8.42. The molecule has 0 spiro atoms. The molecule has 0 N–H and O–H groups in total. The summed E-state index contributed by atoms with van der Waals surface area (Å²) in [5, 5.41) is -0.0708. The molecule has 3 aromatic rings. The lowest BCUT2D eigenvalue weighted by molar-refractivity contribution is -0.138. The van der Waals surface area contributed by atoms with Crippen LogP contribution in [0.15, 0.2) is 103 Å². The van der Waals surface area contributed by atoms with E-state index in [1.165, 1.54) is 0 Å². The van der Waals surface area contributed by atoms with Gasteiger partial charge in [0, 0.05) is 33.7 Å². The summed E-state index contributed by atoms with van der Waals surface area (Å²) in [4.78, 5) is 35.5.